The lowest BCUT2D eigenvalue weighted by molar-refractivity contribution is -0.117. The van der Waals surface area contributed by atoms with E-state index in [-0.39, 0.29) is 0 Å². The van der Waals surface area contributed by atoms with Gasteiger partial charge in [0.1, 0.15) is 0 Å². The molecule has 0 radical (unpaired) electrons. The second kappa shape index (κ2) is 6.32. The summed E-state index contributed by atoms with van der Waals surface area (Å²) in [5.74, 6) is -1.06. The Labute approximate surface area is 141 Å². The molecule has 0 atom stereocenters. The van der Waals surface area contributed by atoms with Gasteiger partial charge in [0, 0.05) is 30.2 Å². The molecular formula is C20H20N2O2. The normalized spacial score (nSPS) is 10.8. The number of rotatable bonds is 4. The Morgan fingerprint density at radius 1 is 1.00 bits per heavy atom. The van der Waals surface area contributed by atoms with Crippen molar-refractivity contribution in [2.24, 2.45) is 7.05 Å². The predicted octanol–water partition coefficient (Wildman–Crippen LogP) is 3.29. The van der Waals surface area contributed by atoms with Gasteiger partial charge < -0.3 is 9.88 Å². The van der Waals surface area contributed by atoms with Crippen LogP contribution in [-0.4, -0.2) is 16.3 Å². The van der Waals surface area contributed by atoms with Crippen LogP contribution >= 0.6 is 0 Å². The number of aromatic nitrogens is 1. The maximum atomic E-state index is 12.6. The van der Waals surface area contributed by atoms with E-state index in [4.69, 9.17) is 0 Å². The van der Waals surface area contributed by atoms with Gasteiger partial charge in [0.25, 0.3) is 11.7 Å². The van der Waals surface area contributed by atoms with Crippen LogP contribution in [0.5, 0.6) is 0 Å². The van der Waals surface area contributed by atoms with Crippen molar-refractivity contribution < 1.29 is 9.59 Å². The van der Waals surface area contributed by atoms with E-state index >= 15 is 0 Å². The van der Waals surface area contributed by atoms with Crippen molar-refractivity contribution in [2.75, 3.05) is 0 Å². The van der Waals surface area contributed by atoms with Crippen LogP contribution in [0.1, 0.15) is 27.2 Å². The number of nitrogens with zero attached hydrogens (tertiary/aromatic N) is 1. The minimum atomic E-state index is -0.574. The van der Waals surface area contributed by atoms with Crippen LogP contribution in [0.15, 0.2) is 48.5 Å². The molecule has 4 nitrogen and oxygen atoms in total. The highest BCUT2D eigenvalue weighted by Crippen LogP contribution is 2.25. The van der Waals surface area contributed by atoms with Crippen molar-refractivity contribution in [1.29, 1.82) is 0 Å². The smallest absolute Gasteiger partial charge is 0.292 e. The Morgan fingerprint density at radius 3 is 2.38 bits per heavy atom. The second-order valence-electron chi connectivity index (χ2n) is 6.03. The number of hydrogen-bond donors (Lipinski definition) is 1. The zero-order valence-electron chi connectivity index (χ0n) is 14.1. The molecule has 0 fully saturated rings. The Morgan fingerprint density at radius 2 is 1.67 bits per heavy atom. The number of carbonyl (C=O) groups excluding carboxylic acids is 2. The number of para-hydroxylation sites is 1. The van der Waals surface area contributed by atoms with Gasteiger partial charge in [-0.3, -0.25) is 9.59 Å². The van der Waals surface area contributed by atoms with E-state index in [0.29, 0.717) is 12.1 Å². The summed E-state index contributed by atoms with van der Waals surface area (Å²) in [4.78, 5) is 25.0. The van der Waals surface area contributed by atoms with Gasteiger partial charge in [-0.1, -0.05) is 48.0 Å². The third-order valence-corrected chi connectivity index (χ3v) is 4.41. The quantitative estimate of drug-likeness (QED) is 0.592. The van der Waals surface area contributed by atoms with Gasteiger partial charge in [-0.2, -0.15) is 0 Å². The molecule has 0 bridgehead atoms. The number of hydrogen-bond acceptors (Lipinski definition) is 2. The minimum absolute atomic E-state index is 0.342. The van der Waals surface area contributed by atoms with E-state index in [1.807, 2.05) is 74.0 Å². The minimum Gasteiger partial charge on any atom is -0.347 e. The molecule has 1 heterocycles. The zero-order chi connectivity index (χ0) is 17.3. The van der Waals surface area contributed by atoms with Crippen molar-refractivity contribution in [1.82, 2.24) is 9.88 Å². The first-order valence-electron chi connectivity index (χ1n) is 7.91. The molecule has 1 aromatic heterocycles. The summed E-state index contributed by atoms with van der Waals surface area (Å²) < 4.78 is 1.94. The maximum absolute atomic E-state index is 12.6. The van der Waals surface area contributed by atoms with Crippen molar-refractivity contribution in [3.05, 3.63) is 70.9 Å². The summed E-state index contributed by atoms with van der Waals surface area (Å²) in [6.07, 6.45) is 0. The lowest BCUT2D eigenvalue weighted by Gasteiger charge is -2.06. The fourth-order valence-corrected chi connectivity index (χ4v) is 2.89. The summed E-state index contributed by atoms with van der Waals surface area (Å²) in [7, 11) is 1.90. The average Bonchev–Trinajstić information content (AvgIpc) is 2.85. The molecule has 0 unspecified atom stereocenters. The molecule has 122 valence electrons. The largest absolute Gasteiger partial charge is 0.347 e. The monoisotopic (exact) mass is 320 g/mol. The number of aryl methyl sites for hydroxylation is 2. The number of amides is 1. The van der Waals surface area contributed by atoms with Gasteiger partial charge in [0.15, 0.2) is 0 Å². The number of benzene rings is 2. The molecule has 0 spiro atoms. The molecule has 0 aliphatic carbocycles. The zero-order valence-corrected chi connectivity index (χ0v) is 14.1. The first kappa shape index (κ1) is 16.0. The van der Waals surface area contributed by atoms with Crippen LogP contribution in [0.3, 0.4) is 0 Å². The fourth-order valence-electron chi connectivity index (χ4n) is 2.89. The van der Waals surface area contributed by atoms with Crippen LogP contribution in [-0.2, 0) is 18.4 Å². The molecular weight excluding hydrogens is 300 g/mol. The standard InChI is InChI=1S/C20H20N2O2/c1-13-8-10-15(11-9-13)12-21-20(24)19(23)18-14(2)22(3)17-7-5-4-6-16(17)18/h4-11H,12H2,1-3H3,(H,21,24). The molecule has 1 N–H and O–H groups in total. The summed E-state index contributed by atoms with van der Waals surface area (Å²) >= 11 is 0. The first-order valence-corrected chi connectivity index (χ1v) is 7.91. The fraction of sp³-hybridized carbons (Fsp3) is 0.200. The van der Waals surface area contributed by atoms with Crippen LogP contribution in [0.25, 0.3) is 10.9 Å². The molecule has 4 heteroatoms. The van der Waals surface area contributed by atoms with E-state index in [0.717, 1.165) is 27.7 Å². The molecule has 24 heavy (non-hydrogen) atoms. The molecule has 0 aliphatic heterocycles. The van der Waals surface area contributed by atoms with Gasteiger partial charge >= 0.3 is 0 Å². The Hall–Kier alpha value is -2.88. The number of carbonyl (C=O) groups is 2. The first-order chi connectivity index (χ1) is 11.5. The van der Waals surface area contributed by atoms with E-state index in [1.54, 1.807) is 0 Å². The number of fused-ring (bicyclic) bond motifs is 1. The highest BCUT2D eigenvalue weighted by Gasteiger charge is 2.23. The molecule has 3 rings (SSSR count). The van der Waals surface area contributed by atoms with Gasteiger partial charge in [-0.05, 0) is 25.5 Å². The predicted molar refractivity (Wildman–Crippen MR) is 95.0 cm³/mol. The number of ketones is 1. The molecule has 1 amide bonds. The Balaban J connectivity index is 1.82. The van der Waals surface area contributed by atoms with Crippen LogP contribution in [0, 0.1) is 13.8 Å². The van der Waals surface area contributed by atoms with E-state index in [2.05, 4.69) is 5.32 Å². The van der Waals surface area contributed by atoms with Crippen molar-refractivity contribution in [2.45, 2.75) is 20.4 Å². The molecule has 2 aromatic carbocycles. The maximum Gasteiger partial charge on any atom is 0.292 e. The van der Waals surface area contributed by atoms with Crippen LogP contribution < -0.4 is 5.32 Å². The molecule has 3 aromatic rings. The Bertz CT molecular complexity index is 921. The number of Topliss-reactive ketones (excluding diaryl/α,β-unsaturated/α-hetero) is 1. The molecule has 0 saturated heterocycles. The summed E-state index contributed by atoms with van der Waals surface area (Å²) in [6, 6.07) is 15.5. The number of nitrogens with one attached hydrogen (secondary N) is 1. The van der Waals surface area contributed by atoms with Crippen molar-refractivity contribution >= 4 is 22.6 Å². The highest BCUT2D eigenvalue weighted by atomic mass is 16.2. The van der Waals surface area contributed by atoms with Crippen molar-refractivity contribution in [3.8, 4) is 0 Å². The SMILES string of the molecule is Cc1ccc(CNC(=O)C(=O)c2c(C)n(C)c3ccccc23)cc1. The van der Waals surface area contributed by atoms with E-state index in [9.17, 15) is 9.59 Å². The van der Waals surface area contributed by atoms with Gasteiger partial charge in [0.2, 0.25) is 0 Å². The summed E-state index contributed by atoms with van der Waals surface area (Å²) in [6.45, 7) is 4.21. The van der Waals surface area contributed by atoms with Crippen LogP contribution in [0.4, 0.5) is 0 Å². The highest BCUT2D eigenvalue weighted by molar-refractivity contribution is 6.45. The van der Waals surface area contributed by atoms with Gasteiger partial charge in [0.05, 0.1) is 5.56 Å². The van der Waals surface area contributed by atoms with Gasteiger partial charge in [-0.25, -0.2) is 0 Å². The lowest BCUT2D eigenvalue weighted by atomic mass is 10.1. The van der Waals surface area contributed by atoms with Crippen LogP contribution in [0.2, 0.25) is 0 Å². The Kier molecular flexibility index (Phi) is 4.21. The molecule has 0 saturated carbocycles. The van der Waals surface area contributed by atoms with E-state index < -0.39 is 11.7 Å². The van der Waals surface area contributed by atoms with Crippen molar-refractivity contribution in [3.63, 3.8) is 0 Å². The topological polar surface area (TPSA) is 51.1 Å². The molecule has 0 aliphatic rings. The third kappa shape index (κ3) is 2.83. The van der Waals surface area contributed by atoms with Gasteiger partial charge in [-0.15, -0.1) is 0 Å². The second-order valence-corrected chi connectivity index (χ2v) is 6.03. The van der Waals surface area contributed by atoms with E-state index in [1.165, 1.54) is 0 Å². The summed E-state index contributed by atoms with van der Waals surface area (Å²) in [5, 5.41) is 3.53. The third-order valence-electron chi connectivity index (χ3n) is 4.41. The summed E-state index contributed by atoms with van der Waals surface area (Å²) in [5.41, 5.74) is 4.36. The lowest BCUT2D eigenvalue weighted by Crippen LogP contribution is -2.31. The average molecular weight is 320 g/mol.